The summed E-state index contributed by atoms with van der Waals surface area (Å²) in [5, 5.41) is 9.36. The Balaban J connectivity index is 1.43. The lowest BCUT2D eigenvalue weighted by Gasteiger charge is -2.46. The number of pyridine rings is 2. The van der Waals surface area contributed by atoms with Gasteiger partial charge in [-0.1, -0.05) is 13.0 Å². The molecule has 0 saturated carbocycles. The fourth-order valence-electron chi connectivity index (χ4n) is 4.95. The van der Waals surface area contributed by atoms with Crippen LogP contribution in [0.4, 0.5) is 14.5 Å². The molecule has 0 radical (unpaired) electrons. The number of piperazine rings is 1. The highest BCUT2D eigenvalue weighted by atomic mass is 19.3. The van der Waals surface area contributed by atoms with Crippen LogP contribution in [0, 0.1) is 11.3 Å². The molecule has 1 aromatic carbocycles. The SMILES string of the molecule is CC[C@@H]1CN(c2cc(=O)n(C)c3ccc(C#N)nc23)[C@@H](C)CN1Cc1ccc2c(c1)OC(F)(F)O2. The molecule has 182 valence electrons. The first kappa shape index (κ1) is 23.1. The van der Waals surface area contributed by atoms with Gasteiger partial charge in [-0.3, -0.25) is 9.69 Å². The van der Waals surface area contributed by atoms with E-state index in [1.54, 1.807) is 37.4 Å². The van der Waals surface area contributed by atoms with Crippen LogP contribution in [0.5, 0.6) is 11.5 Å². The lowest BCUT2D eigenvalue weighted by atomic mass is 10.0. The van der Waals surface area contributed by atoms with E-state index in [0.717, 1.165) is 17.7 Å². The van der Waals surface area contributed by atoms with Crippen LogP contribution in [0.15, 0.2) is 41.2 Å². The molecule has 1 fully saturated rings. The van der Waals surface area contributed by atoms with Crippen molar-refractivity contribution in [3.05, 3.63) is 58.0 Å². The van der Waals surface area contributed by atoms with Crippen molar-refractivity contribution in [3.8, 4) is 17.6 Å². The molecule has 8 nitrogen and oxygen atoms in total. The molecular formula is C25H25F2N5O3. The van der Waals surface area contributed by atoms with Crippen molar-refractivity contribution >= 4 is 16.7 Å². The zero-order valence-corrected chi connectivity index (χ0v) is 19.7. The molecule has 0 bridgehead atoms. The number of ether oxygens (including phenoxy) is 2. The first-order valence-electron chi connectivity index (χ1n) is 11.5. The van der Waals surface area contributed by atoms with E-state index in [0.29, 0.717) is 36.4 Å². The predicted molar refractivity (Wildman–Crippen MR) is 126 cm³/mol. The van der Waals surface area contributed by atoms with Crippen LogP contribution < -0.4 is 19.9 Å². The molecule has 35 heavy (non-hydrogen) atoms. The van der Waals surface area contributed by atoms with Crippen LogP contribution >= 0.6 is 0 Å². The monoisotopic (exact) mass is 481 g/mol. The maximum atomic E-state index is 13.4. The second-order valence-electron chi connectivity index (χ2n) is 9.04. The lowest BCUT2D eigenvalue weighted by Crippen LogP contribution is -2.57. The number of nitrogens with zero attached hydrogens (tertiary/aromatic N) is 5. The maximum Gasteiger partial charge on any atom is 0.586 e. The Morgan fingerprint density at radius 2 is 1.94 bits per heavy atom. The summed E-state index contributed by atoms with van der Waals surface area (Å²) in [5.41, 5.74) is 3.02. The molecule has 2 aromatic heterocycles. The van der Waals surface area contributed by atoms with Gasteiger partial charge < -0.3 is 18.9 Å². The summed E-state index contributed by atoms with van der Waals surface area (Å²) in [5.74, 6) is 0.0731. The lowest BCUT2D eigenvalue weighted by molar-refractivity contribution is -0.286. The molecule has 0 spiro atoms. The summed E-state index contributed by atoms with van der Waals surface area (Å²) in [6, 6.07) is 12.1. The highest BCUT2D eigenvalue weighted by molar-refractivity contribution is 5.89. The summed E-state index contributed by atoms with van der Waals surface area (Å²) < 4.78 is 37.5. The molecule has 0 amide bonds. The van der Waals surface area contributed by atoms with Crippen molar-refractivity contribution in [2.75, 3.05) is 18.0 Å². The van der Waals surface area contributed by atoms with E-state index in [-0.39, 0.29) is 29.1 Å². The van der Waals surface area contributed by atoms with Crippen molar-refractivity contribution in [3.63, 3.8) is 0 Å². The first-order valence-corrected chi connectivity index (χ1v) is 11.5. The summed E-state index contributed by atoms with van der Waals surface area (Å²) >= 11 is 0. The van der Waals surface area contributed by atoms with Gasteiger partial charge in [0.05, 0.1) is 11.2 Å². The third-order valence-electron chi connectivity index (χ3n) is 6.77. The second-order valence-corrected chi connectivity index (χ2v) is 9.04. The Labute approximate surface area is 200 Å². The highest BCUT2D eigenvalue weighted by Crippen LogP contribution is 2.41. The van der Waals surface area contributed by atoms with E-state index in [2.05, 4.69) is 44.2 Å². The quantitative estimate of drug-likeness (QED) is 0.563. The number of hydrogen-bond acceptors (Lipinski definition) is 7. The fraction of sp³-hybridized carbons (Fsp3) is 0.400. The molecule has 2 aliphatic rings. The van der Waals surface area contributed by atoms with E-state index in [4.69, 9.17) is 0 Å². The Kier molecular flexibility index (Phi) is 5.60. The van der Waals surface area contributed by atoms with Gasteiger partial charge in [-0.15, -0.1) is 8.78 Å². The van der Waals surface area contributed by atoms with Crippen LogP contribution in [0.2, 0.25) is 0 Å². The normalized spacial score (nSPS) is 21.3. The summed E-state index contributed by atoms with van der Waals surface area (Å²) in [7, 11) is 1.69. The van der Waals surface area contributed by atoms with E-state index in [1.165, 1.54) is 10.6 Å². The van der Waals surface area contributed by atoms with Gasteiger partial charge in [0.25, 0.3) is 5.56 Å². The Bertz CT molecular complexity index is 1400. The number of benzene rings is 1. The third-order valence-corrected chi connectivity index (χ3v) is 6.77. The van der Waals surface area contributed by atoms with Gasteiger partial charge in [0.15, 0.2) is 11.5 Å². The number of aryl methyl sites for hydroxylation is 1. The van der Waals surface area contributed by atoms with Crippen molar-refractivity contribution in [2.45, 2.75) is 45.2 Å². The van der Waals surface area contributed by atoms with Crippen molar-refractivity contribution in [1.29, 1.82) is 5.26 Å². The number of fused-ring (bicyclic) bond motifs is 2. The number of aromatic nitrogens is 2. The van der Waals surface area contributed by atoms with E-state index in [9.17, 15) is 18.8 Å². The van der Waals surface area contributed by atoms with E-state index >= 15 is 0 Å². The van der Waals surface area contributed by atoms with Crippen molar-refractivity contribution < 1.29 is 18.3 Å². The maximum absolute atomic E-state index is 13.4. The number of nitriles is 1. The van der Waals surface area contributed by atoms with Crippen LogP contribution in [-0.2, 0) is 13.6 Å². The highest BCUT2D eigenvalue weighted by Gasteiger charge is 2.43. The Morgan fingerprint density at radius 3 is 2.69 bits per heavy atom. The van der Waals surface area contributed by atoms with Gasteiger partial charge >= 0.3 is 6.29 Å². The number of halogens is 2. The van der Waals surface area contributed by atoms with Gasteiger partial charge in [-0.25, -0.2) is 4.98 Å². The van der Waals surface area contributed by atoms with Gasteiger partial charge in [-0.2, -0.15) is 5.26 Å². The number of hydrogen-bond donors (Lipinski definition) is 0. The van der Waals surface area contributed by atoms with Gasteiger partial charge in [-0.05, 0) is 43.2 Å². The summed E-state index contributed by atoms with van der Waals surface area (Å²) in [6.07, 6.45) is -2.78. The molecular weight excluding hydrogens is 456 g/mol. The molecule has 0 unspecified atom stereocenters. The van der Waals surface area contributed by atoms with Gasteiger partial charge in [0, 0.05) is 44.8 Å². The third kappa shape index (κ3) is 4.17. The molecule has 2 aliphatic heterocycles. The first-order chi connectivity index (χ1) is 16.7. The smallest absolute Gasteiger partial charge is 0.395 e. The minimum atomic E-state index is -3.64. The zero-order chi connectivity index (χ0) is 24.9. The number of alkyl halides is 2. The predicted octanol–water partition coefficient (Wildman–Crippen LogP) is 3.62. The number of rotatable bonds is 4. The average Bonchev–Trinajstić information content (AvgIpc) is 3.14. The van der Waals surface area contributed by atoms with Crippen LogP contribution in [0.1, 0.15) is 31.5 Å². The fourth-order valence-corrected chi connectivity index (χ4v) is 4.95. The average molecular weight is 482 g/mol. The Morgan fingerprint density at radius 1 is 1.17 bits per heavy atom. The molecule has 5 rings (SSSR count). The molecule has 1 saturated heterocycles. The van der Waals surface area contributed by atoms with Gasteiger partial charge in [0.2, 0.25) is 0 Å². The van der Waals surface area contributed by atoms with E-state index < -0.39 is 6.29 Å². The zero-order valence-electron chi connectivity index (χ0n) is 19.7. The van der Waals surface area contributed by atoms with Crippen LogP contribution in [0.25, 0.3) is 11.0 Å². The van der Waals surface area contributed by atoms with Crippen molar-refractivity contribution in [1.82, 2.24) is 14.5 Å². The molecule has 3 aromatic rings. The minimum absolute atomic E-state index is 0.0331. The largest absolute Gasteiger partial charge is 0.586 e. The summed E-state index contributed by atoms with van der Waals surface area (Å²) in [4.78, 5) is 21.7. The molecule has 10 heteroatoms. The standard InChI is InChI=1S/C25H25F2N5O3/c1-4-18-14-32(20-10-23(33)30(3)19-7-6-17(11-28)29-24(19)20)15(2)12-31(18)13-16-5-8-21-22(9-16)35-25(26,27)34-21/h5-10,15,18H,4,12-14H2,1-3H3/t15-,18+/m0/s1. The Hall–Kier alpha value is -3.71. The minimum Gasteiger partial charge on any atom is -0.395 e. The molecule has 2 atom stereocenters. The summed E-state index contributed by atoms with van der Waals surface area (Å²) in [6.45, 7) is 6.09. The molecule has 0 aliphatic carbocycles. The van der Waals surface area contributed by atoms with Crippen LogP contribution in [-0.4, -0.2) is 45.9 Å². The van der Waals surface area contributed by atoms with Gasteiger partial charge in [0.1, 0.15) is 17.3 Å². The molecule has 4 heterocycles. The van der Waals surface area contributed by atoms with E-state index in [1.807, 2.05) is 0 Å². The molecule has 0 N–H and O–H groups in total. The van der Waals surface area contributed by atoms with Crippen LogP contribution in [0.3, 0.4) is 0 Å². The van der Waals surface area contributed by atoms with Crippen molar-refractivity contribution in [2.24, 2.45) is 7.05 Å². The topological polar surface area (TPSA) is 83.6 Å². The number of anilines is 1. The second kappa shape index (κ2) is 8.50.